The van der Waals surface area contributed by atoms with Crippen molar-refractivity contribution in [2.45, 2.75) is 32.2 Å². The highest BCUT2D eigenvalue weighted by Gasteiger charge is 2.29. The van der Waals surface area contributed by atoms with E-state index in [4.69, 9.17) is 15.2 Å². The number of anilines is 1. The zero-order chi connectivity index (χ0) is 14.6. The molecule has 3 N–H and O–H groups in total. The molecule has 0 aromatic heterocycles. The molecule has 0 saturated carbocycles. The number of hydrogen-bond donors (Lipinski definition) is 2. The molecule has 1 atom stereocenters. The molecule has 5 nitrogen and oxygen atoms in total. The third-order valence-electron chi connectivity index (χ3n) is 3.42. The van der Waals surface area contributed by atoms with Crippen molar-refractivity contribution in [3.05, 3.63) is 23.8 Å². The summed E-state index contributed by atoms with van der Waals surface area (Å²) in [5.41, 5.74) is 6.59. The first-order chi connectivity index (χ1) is 9.54. The van der Waals surface area contributed by atoms with Gasteiger partial charge in [-0.1, -0.05) is 0 Å². The van der Waals surface area contributed by atoms with E-state index in [0.717, 1.165) is 19.4 Å². The lowest BCUT2D eigenvalue weighted by Crippen LogP contribution is -2.51. The van der Waals surface area contributed by atoms with E-state index >= 15 is 0 Å². The Bertz CT molecular complexity index is 482. The molecule has 1 saturated heterocycles. The van der Waals surface area contributed by atoms with E-state index in [0.29, 0.717) is 30.2 Å². The fourth-order valence-electron chi connectivity index (χ4n) is 2.36. The van der Waals surface area contributed by atoms with Crippen LogP contribution in [0.5, 0.6) is 5.75 Å². The molecular weight excluding hydrogens is 256 g/mol. The number of hydrogen-bond acceptors (Lipinski definition) is 4. The molecule has 0 bridgehead atoms. The Morgan fingerprint density at radius 1 is 1.55 bits per heavy atom. The van der Waals surface area contributed by atoms with Crippen LogP contribution in [0.15, 0.2) is 18.2 Å². The van der Waals surface area contributed by atoms with E-state index in [-0.39, 0.29) is 11.4 Å². The normalized spacial score (nSPS) is 22.3. The fourth-order valence-corrected chi connectivity index (χ4v) is 2.36. The van der Waals surface area contributed by atoms with E-state index in [1.54, 1.807) is 18.2 Å². The predicted octanol–water partition coefficient (Wildman–Crippen LogP) is 1.97. The molecule has 0 aliphatic carbocycles. The molecule has 1 aromatic carbocycles. The molecule has 0 spiro atoms. The Hall–Kier alpha value is -1.75. The summed E-state index contributed by atoms with van der Waals surface area (Å²) in [6.07, 6.45) is 1.88. The number of ether oxygens (including phenoxy) is 2. The topological polar surface area (TPSA) is 73.6 Å². The van der Waals surface area contributed by atoms with Crippen molar-refractivity contribution >= 4 is 11.6 Å². The fraction of sp³-hybridized carbons (Fsp3) is 0.533. The van der Waals surface area contributed by atoms with Gasteiger partial charge in [-0.05, 0) is 44.9 Å². The van der Waals surface area contributed by atoms with Gasteiger partial charge in [0.05, 0.1) is 24.4 Å². The van der Waals surface area contributed by atoms with E-state index < -0.39 is 0 Å². The lowest BCUT2D eigenvalue weighted by molar-refractivity contribution is 0.0272. The lowest BCUT2D eigenvalue weighted by atomic mass is 9.94. The van der Waals surface area contributed by atoms with Crippen LogP contribution in [0.4, 0.5) is 5.69 Å². The summed E-state index contributed by atoms with van der Waals surface area (Å²) in [6, 6.07) is 5.10. The van der Waals surface area contributed by atoms with Crippen molar-refractivity contribution < 1.29 is 14.3 Å². The van der Waals surface area contributed by atoms with Gasteiger partial charge in [-0.25, -0.2) is 0 Å². The minimum absolute atomic E-state index is 0.132. The molecule has 1 fully saturated rings. The van der Waals surface area contributed by atoms with Crippen molar-refractivity contribution in [1.29, 1.82) is 0 Å². The predicted molar refractivity (Wildman–Crippen MR) is 77.9 cm³/mol. The summed E-state index contributed by atoms with van der Waals surface area (Å²) < 4.78 is 10.8. The molecule has 1 amide bonds. The minimum atomic E-state index is -0.303. The van der Waals surface area contributed by atoms with Crippen LogP contribution in [-0.2, 0) is 4.74 Å². The van der Waals surface area contributed by atoms with Crippen LogP contribution >= 0.6 is 0 Å². The molecule has 1 aliphatic rings. The lowest BCUT2D eigenvalue weighted by Gasteiger charge is -2.34. The second-order valence-electron chi connectivity index (χ2n) is 5.36. The van der Waals surface area contributed by atoms with Crippen molar-refractivity contribution in [2.24, 2.45) is 0 Å². The number of nitrogens with one attached hydrogen (secondary N) is 1. The van der Waals surface area contributed by atoms with E-state index in [1.165, 1.54) is 0 Å². The zero-order valence-corrected chi connectivity index (χ0v) is 12.1. The van der Waals surface area contributed by atoms with Crippen LogP contribution in [0, 0.1) is 0 Å². The van der Waals surface area contributed by atoms with Crippen molar-refractivity contribution in [1.82, 2.24) is 5.32 Å². The number of amides is 1. The first kappa shape index (κ1) is 14.7. The maximum absolute atomic E-state index is 12.3. The Morgan fingerprint density at radius 2 is 2.35 bits per heavy atom. The molecule has 1 heterocycles. The van der Waals surface area contributed by atoms with E-state index in [2.05, 4.69) is 5.32 Å². The van der Waals surface area contributed by atoms with Gasteiger partial charge in [0.25, 0.3) is 5.91 Å². The number of nitrogens with two attached hydrogens (primary N) is 1. The van der Waals surface area contributed by atoms with Gasteiger partial charge < -0.3 is 20.5 Å². The Balaban J connectivity index is 2.07. The summed E-state index contributed by atoms with van der Waals surface area (Å²) in [7, 11) is 0. The SMILES string of the molecule is CCOc1ccc(C(=O)NC2(C)CCCOC2)cc1N. The third-order valence-corrected chi connectivity index (χ3v) is 3.42. The summed E-state index contributed by atoms with van der Waals surface area (Å²) in [6.45, 7) is 5.75. The highest BCUT2D eigenvalue weighted by Crippen LogP contribution is 2.24. The standard InChI is InChI=1S/C15H22N2O3/c1-3-20-13-6-5-11(9-12(13)16)14(18)17-15(2)7-4-8-19-10-15/h5-6,9H,3-4,7-8,10,16H2,1-2H3,(H,17,18). The Kier molecular flexibility index (Phi) is 4.49. The van der Waals surface area contributed by atoms with Gasteiger partial charge >= 0.3 is 0 Å². The summed E-state index contributed by atoms with van der Waals surface area (Å²) in [4.78, 5) is 12.3. The van der Waals surface area contributed by atoms with Gasteiger partial charge in [-0.2, -0.15) is 0 Å². The van der Waals surface area contributed by atoms with Crippen LogP contribution in [0.1, 0.15) is 37.0 Å². The molecule has 110 valence electrons. The van der Waals surface area contributed by atoms with Gasteiger partial charge in [0, 0.05) is 12.2 Å². The quantitative estimate of drug-likeness (QED) is 0.826. The second-order valence-corrected chi connectivity index (χ2v) is 5.36. The number of benzene rings is 1. The third kappa shape index (κ3) is 3.42. The monoisotopic (exact) mass is 278 g/mol. The Morgan fingerprint density at radius 3 is 2.95 bits per heavy atom. The molecule has 1 aliphatic heterocycles. The van der Waals surface area contributed by atoms with Crippen LogP contribution in [0.3, 0.4) is 0 Å². The van der Waals surface area contributed by atoms with Gasteiger partial charge in [0.1, 0.15) is 5.75 Å². The van der Waals surface area contributed by atoms with Crippen LogP contribution in [-0.4, -0.2) is 31.3 Å². The zero-order valence-electron chi connectivity index (χ0n) is 12.1. The van der Waals surface area contributed by atoms with Crippen LogP contribution < -0.4 is 15.8 Å². The van der Waals surface area contributed by atoms with Gasteiger partial charge in [0.2, 0.25) is 0 Å². The molecule has 0 radical (unpaired) electrons. The van der Waals surface area contributed by atoms with Crippen LogP contribution in [0.25, 0.3) is 0 Å². The maximum atomic E-state index is 12.3. The number of rotatable bonds is 4. The molecular formula is C15H22N2O3. The second kappa shape index (κ2) is 6.13. The minimum Gasteiger partial charge on any atom is -0.492 e. The van der Waals surface area contributed by atoms with Gasteiger partial charge in [0.15, 0.2) is 0 Å². The molecule has 1 aromatic rings. The first-order valence-corrected chi connectivity index (χ1v) is 6.97. The molecule has 1 unspecified atom stereocenters. The van der Waals surface area contributed by atoms with Crippen molar-refractivity contribution in [2.75, 3.05) is 25.6 Å². The smallest absolute Gasteiger partial charge is 0.251 e. The van der Waals surface area contributed by atoms with Gasteiger partial charge in [-0.15, -0.1) is 0 Å². The van der Waals surface area contributed by atoms with E-state index in [1.807, 2.05) is 13.8 Å². The maximum Gasteiger partial charge on any atom is 0.251 e. The summed E-state index contributed by atoms with van der Waals surface area (Å²) >= 11 is 0. The molecule has 2 rings (SSSR count). The number of carbonyl (C=O) groups excluding carboxylic acids is 1. The largest absolute Gasteiger partial charge is 0.492 e. The number of carbonyl (C=O) groups is 1. The highest BCUT2D eigenvalue weighted by atomic mass is 16.5. The average Bonchev–Trinajstić information content (AvgIpc) is 2.41. The molecule has 20 heavy (non-hydrogen) atoms. The van der Waals surface area contributed by atoms with Gasteiger partial charge in [-0.3, -0.25) is 4.79 Å². The van der Waals surface area contributed by atoms with Crippen molar-refractivity contribution in [3.8, 4) is 5.75 Å². The summed E-state index contributed by atoms with van der Waals surface area (Å²) in [5, 5.41) is 3.03. The highest BCUT2D eigenvalue weighted by molar-refractivity contribution is 5.96. The van der Waals surface area contributed by atoms with Crippen molar-refractivity contribution in [3.63, 3.8) is 0 Å². The first-order valence-electron chi connectivity index (χ1n) is 6.97. The number of nitrogen functional groups attached to an aromatic ring is 1. The van der Waals surface area contributed by atoms with E-state index in [9.17, 15) is 4.79 Å². The summed E-state index contributed by atoms with van der Waals surface area (Å²) in [5.74, 6) is 0.476. The Labute approximate surface area is 119 Å². The average molecular weight is 278 g/mol. The molecule has 5 heteroatoms. The van der Waals surface area contributed by atoms with Crippen LogP contribution in [0.2, 0.25) is 0 Å².